The highest BCUT2D eigenvalue weighted by Crippen LogP contribution is 2.22. The molecule has 0 saturated carbocycles. The first-order valence-electron chi connectivity index (χ1n) is 8.96. The van der Waals surface area contributed by atoms with E-state index in [0.717, 1.165) is 57.4 Å². The van der Waals surface area contributed by atoms with E-state index in [9.17, 15) is 9.59 Å². The third-order valence-electron chi connectivity index (χ3n) is 5.06. The summed E-state index contributed by atoms with van der Waals surface area (Å²) in [7, 11) is 0. The largest absolute Gasteiger partial charge is 0.445 e. The number of carbonyl (C=O) groups excluding carboxylic acids is 2. The number of hydrogen-bond acceptors (Lipinski definition) is 3. The van der Waals surface area contributed by atoms with E-state index in [1.165, 1.54) is 0 Å². The summed E-state index contributed by atoms with van der Waals surface area (Å²) < 4.78 is 5.39. The zero-order valence-corrected chi connectivity index (χ0v) is 14.2. The molecule has 0 atom stereocenters. The zero-order valence-electron chi connectivity index (χ0n) is 14.2. The van der Waals surface area contributed by atoms with Gasteiger partial charge in [-0.2, -0.15) is 0 Å². The normalized spacial score (nSPS) is 18.9. The van der Waals surface area contributed by atoms with Gasteiger partial charge in [-0.1, -0.05) is 30.3 Å². The molecule has 1 aromatic carbocycles. The highest BCUT2D eigenvalue weighted by Gasteiger charge is 2.26. The monoisotopic (exact) mass is 330 g/mol. The molecule has 1 aromatic rings. The third kappa shape index (κ3) is 4.49. The van der Waals surface area contributed by atoms with Crippen LogP contribution in [-0.4, -0.2) is 48.0 Å². The van der Waals surface area contributed by atoms with Crippen LogP contribution in [0.25, 0.3) is 0 Å². The van der Waals surface area contributed by atoms with Crippen LogP contribution in [0.4, 0.5) is 4.79 Å². The first kappa shape index (κ1) is 16.8. The lowest BCUT2D eigenvalue weighted by atomic mass is 9.93. The fourth-order valence-electron chi connectivity index (χ4n) is 3.49. The minimum atomic E-state index is -0.216. The smallest absolute Gasteiger partial charge is 0.410 e. The lowest BCUT2D eigenvalue weighted by Gasteiger charge is -2.32. The van der Waals surface area contributed by atoms with Gasteiger partial charge < -0.3 is 14.5 Å². The molecule has 2 heterocycles. The van der Waals surface area contributed by atoms with Crippen molar-refractivity contribution in [3.8, 4) is 0 Å². The third-order valence-corrected chi connectivity index (χ3v) is 5.06. The molecule has 5 nitrogen and oxygen atoms in total. The molecule has 0 radical (unpaired) electrons. The van der Waals surface area contributed by atoms with E-state index in [4.69, 9.17) is 4.74 Å². The minimum absolute atomic E-state index is 0.216. The molecular weight excluding hydrogens is 304 g/mol. The number of benzene rings is 1. The molecule has 2 saturated heterocycles. The Balaban J connectivity index is 1.35. The van der Waals surface area contributed by atoms with Crippen LogP contribution < -0.4 is 0 Å². The second-order valence-electron chi connectivity index (χ2n) is 6.74. The van der Waals surface area contributed by atoms with Crippen molar-refractivity contribution in [1.29, 1.82) is 0 Å². The quantitative estimate of drug-likeness (QED) is 0.834. The molecule has 0 unspecified atom stereocenters. The van der Waals surface area contributed by atoms with Crippen LogP contribution in [0.15, 0.2) is 30.3 Å². The summed E-state index contributed by atoms with van der Waals surface area (Å²) in [5.74, 6) is 0.911. The number of ether oxygens (including phenoxy) is 1. The predicted molar refractivity (Wildman–Crippen MR) is 91.4 cm³/mol. The van der Waals surface area contributed by atoms with E-state index in [0.29, 0.717) is 24.9 Å². The Morgan fingerprint density at radius 3 is 2.54 bits per heavy atom. The van der Waals surface area contributed by atoms with Gasteiger partial charge in [0.2, 0.25) is 5.91 Å². The van der Waals surface area contributed by atoms with Gasteiger partial charge >= 0.3 is 6.09 Å². The van der Waals surface area contributed by atoms with Crippen molar-refractivity contribution in [2.24, 2.45) is 5.92 Å². The van der Waals surface area contributed by atoms with Crippen LogP contribution in [0.1, 0.15) is 37.7 Å². The number of nitrogens with zero attached hydrogens (tertiary/aromatic N) is 2. The number of rotatable bonds is 5. The number of hydrogen-bond donors (Lipinski definition) is 0. The molecule has 24 heavy (non-hydrogen) atoms. The Morgan fingerprint density at radius 1 is 1.12 bits per heavy atom. The summed E-state index contributed by atoms with van der Waals surface area (Å²) >= 11 is 0. The van der Waals surface area contributed by atoms with Crippen molar-refractivity contribution in [3.05, 3.63) is 35.9 Å². The van der Waals surface area contributed by atoms with Gasteiger partial charge in [0.05, 0.1) is 0 Å². The summed E-state index contributed by atoms with van der Waals surface area (Å²) in [5, 5.41) is 0. The average molecular weight is 330 g/mol. The second kappa shape index (κ2) is 8.18. The van der Waals surface area contributed by atoms with Gasteiger partial charge in [-0.15, -0.1) is 0 Å². The summed E-state index contributed by atoms with van der Waals surface area (Å²) in [4.78, 5) is 27.6. The Morgan fingerprint density at radius 2 is 1.88 bits per heavy atom. The van der Waals surface area contributed by atoms with Gasteiger partial charge in [0, 0.05) is 32.6 Å². The Kier molecular flexibility index (Phi) is 5.72. The van der Waals surface area contributed by atoms with Gasteiger partial charge in [-0.3, -0.25) is 4.79 Å². The van der Waals surface area contributed by atoms with Crippen molar-refractivity contribution in [1.82, 2.24) is 9.80 Å². The van der Waals surface area contributed by atoms with E-state index in [2.05, 4.69) is 0 Å². The molecule has 0 spiro atoms. The maximum Gasteiger partial charge on any atom is 0.410 e. The highest BCUT2D eigenvalue weighted by molar-refractivity contribution is 5.78. The molecule has 5 heteroatoms. The zero-order chi connectivity index (χ0) is 16.8. The SMILES string of the molecule is O=C1CCCN1CCC1CCN(C(=O)OCc2ccccc2)CC1. The standard InChI is InChI=1S/C19H26N2O3/c22-18-7-4-11-20(18)12-8-16-9-13-21(14-10-16)19(23)24-15-17-5-2-1-3-6-17/h1-3,5-6,16H,4,7-15H2. The molecule has 0 aliphatic carbocycles. The molecular formula is C19H26N2O3. The average Bonchev–Trinajstić information content (AvgIpc) is 3.04. The first-order chi connectivity index (χ1) is 11.7. The Bertz CT molecular complexity index is 553. The lowest BCUT2D eigenvalue weighted by Crippen LogP contribution is -2.39. The van der Waals surface area contributed by atoms with Crippen molar-refractivity contribution in [2.45, 2.75) is 38.7 Å². The molecule has 2 fully saturated rings. The maximum atomic E-state index is 12.1. The molecule has 0 N–H and O–H groups in total. The van der Waals surface area contributed by atoms with Crippen LogP contribution in [0.5, 0.6) is 0 Å². The molecule has 2 amide bonds. The number of amides is 2. The Hall–Kier alpha value is -2.04. The van der Waals surface area contributed by atoms with Gasteiger partial charge in [0.25, 0.3) is 0 Å². The maximum absolute atomic E-state index is 12.1. The molecule has 0 aromatic heterocycles. The Labute approximate surface area is 143 Å². The van der Waals surface area contributed by atoms with Crippen LogP contribution in [-0.2, 0) is 16.1 Å². The van der Waals surface area contributed by atoms with Crippen LogP contribution in [0.3, 0.4) is 0 Å². The number of carbonyl (C=O) groups is 2. The molecule has 3 rings (SSSR count). The topological polar surface area (TPSA) is 49.9 Å². The number of piperidine rings is 1. The molecule has 130 valence electrons. The van der Waals surface area contributed by atoms with E-state index < -0.39 is 0 Å². The molecule has 2 aliphatic rings. The van der Waals surface area contributed by atoms with E-state index in [-0.39, 0.29) is 6.09 Å². The summed E-state index contributed by atoms with van der Waals surface area (Å²) in [6.07, 6.45) is 4.56. The van der Waals surface area contributed by atoms with Gasteiger partial charge in [-0.25, -0.2) is 4.79 Å². The van der Waals surface area contributed by atoms with Gasteiger partial charge in [0.1, 0.15) is 6.61 Å². The fourth-order valence-corrected chi connectivity index (χ4v) is 3.49. The van der Waals surface area contributed by atoms with Crippen molar-refractivity contribution >= 4 is 12.0 Å². The summed E-state index contributed by atoms with van der Waals surface area (Å²) in [6.45, 7) is 3.64. The van der Waals surface area contributed by atoms with Crippen molar-refractivity contribution in [3.63, 3.8) is 0 Å². The summed E-state index contributed by atoms with van der Waals surface area (Å²) in [5.41, 5.74) is 1.01. The second-order valence-corrected chi connectivity index (χ2v) is 6.74. The summed E-state index contributed by atoms with van der Waals surface area (Å²) in [6, 6.07) is 9.75. The predicted octanol–water partition coefficient (Wildman–Crippen LogP) is 3.05. The van der Waals surface area contributed by atoms with Gasteiger partial charge in [0.15, 0.2) is 0 Å². The van der Waals surface area contributed by atoms with E-state index in [1.54, 1.807) is 4.90 Å². The van der Waals surface area contributed by atoms with Gasteiger partial charge in [-0.05, 0) is 37.2 Å². The lowest BCUT2D eigenvalue weighted by molar-refractivity contribution is -0.127. The highest BCUT2D eigenvalue weighted by atomic mass is 16.6. The number of likely N-dealkylation sites (tertiary alicyclic amines) is 2. The first-order valence-corrected chi connectivity index (χ1v) is 8.96. The van der Waals surface area contributed by atoms with Crippen LogP contribution >= 0.6 is 0 Å². The molecule has 0 bridgehead atoms. The van der Waals surface area contributed by atoms with Crippen molar-refractivity contribution < 1.29 is 14.3 Å². The van der Waals surface area contributed by atoms with Crippen LogP contribution in [0.2, 0.25) is 0 Å². The minimum Gasteiger partial charge on any atom is -0.445 e. The van der Waals surface area contributed by atoms with Crippen molar-refractivity contribution in [2.75, 3.05) is 26.2 Å². The van der Waals surface area contributed by atoms with E-state index >= 15 is 0 Å². The molecule has 2 aliphatic heterocycles. The van der Waals surface area contributed by atoms with Crippen LogP contribution in [0, 0.1) is 5.92 Å². The van der Waals surface area contributed by atoms with E-state index in [1.807, 2.05) is 35.2 Å². The fraction of sp³-hybridized carbons (Fsp3) is 0.579.